The van der Waals surface area contributed by atoms with Gasteiger partial charge in [-0.15, -0.1) is 0 Å². The second-order valence-electron chi connectivity index (χ2n) is 4.89. The topological polar surface area (TPSA) is 41.9 Å². The number of benzene rings is 1. The molecule has 0 amide bonds. The average Bonchev–Trinajstić information content (AvgIpc) is 2.84. The number of nitrogens with one attached hydrogen (secondary N) is 2. The molecule has 0 spiro atoms. The molecule has 20 heavy (non-hydrogen) atoms. The molecule has 4 nitrogen and oxygen atoms in total. The smallest absolute Gasteiger partial charge is 0.176 e. The quantitative estimate of drug-likeness (QED) is 0.841. The van der Waals surface area contributed by atoms with Gasteiger partial charge in [0, 0.05) is 25.0 Å². The van der Waals surface area contributed by atoms with E-state index in [9.17, 15) is 0 Å². The van der Waals surface area contributed by atoms with Crippen LogP contribution in [0.5, 0.6) is 0 Å². The van der Waals surface area contributed by atoms with E-state index in [1.54, 1.807) is 4.68 Å². The fourth-order valence-electron chi connectivity index (χ4n) is 1.89. The zero-order valence-corrected chi connectivity index (χ0v) is 12.9. The maximum absolute atomic E-state index is 5.26. The van der Waals surface area contributed by atoms with E-state index in [0.29, 0.717) is 11.0 Å². The summed E-state index contributed by atoms with van der Waals surface area (Å²) in [5.74, 6) is 1.32. The van der Waals surface area contributed by atoms with Gasteiger partial charge in [-0.1, -0.05) is 26.0 Å². The molecule has 1 atom stereocenters. The lowest BCUT2D eigenvalue weighted by atomic mass is 9.99. The Bertz CT molecular complexity index is 574. The Labute approximate surface area is 125 Å². The van der Waals surface area contributed by atoms with Gasteiger partial charge in [-0.2, -0.15) is 5.10 Å². The van der Waals surface area contributed by atoms with Gasteiger partial charge >= 0.3 is 0 Å². The second kappa shape index (κ2) is 6.52. The van der Waals surface area contributed by atoms with Crippen LogP contribution in [0.1, 0.15) is 31.7 Å². The standard InChI is InChI=1S/C15H20N4S/c1-4-11(2)12-5-7-13(8-6-12)16-15(20)17-14-9-10-19(3)18-14/h5-11H,4H2,1-3H3,(H2,16,17,18,20). The minimum atomic E-state index is 0.542. The molecule has 1 heterocycles. The molecule has 2 rings (SSSR count). The van der Waals surface area contributed by atoms with E-state index < -0.39 is 0 Å². The van der Waals surface area contributed by atoms with Gasteiger partial charge in [-0.25, -0.2) is 0 Å². The Balaban J connectivity index is 1.94. The van der Waals surface area contributed by atoms with Crippen LogP contribution in [-0.2, 0) is 7.05 Å². The first-order chi connectivity index (χ1) is 9.58. The lowest BCUT2D eigenvalue weighted by Gasteiger charge is -2.12. The summed E-state index contributed by atoms with van der Waals surface area (Å²) in [5, 5.41) is 11.0. The third kappa shape index (κ3) is 3.81. The number of aromatic nitrogens is 2. The summed E-state index contributed by atoms with van der Waals surface area (Å²) in [5.41, 5.74) is 2.33. The van der Waals surface area contributed by atoms with E-state index >= 15 is 0 Å². The molecule has 0 bridgehead atoms. The number of nitrogens with zero attached hydrogens (tertiary/aromatic N) is 2. The van der Waals surface area contributed by atoms with Gasteiger partial charge in [0.2, 0.25) is 0 Å². The van der Waals surface area contributed by atoms with Gasteiger partial charge in [0.15, 0.2) is 10.9 Å². The van der Waals surface area contributed by atoms with Crippen molar-refractivity contribution < 1.29 is 0 Å². The minimum absolute atomic E-state index is 0.542. The highest BCUT2D eigenvalue weighted by molar-refractivity contribution is 7.80. The predicted molar refractivity (Wildman–Crippen MR) is 88.2 cm³/mol. The van der Waals surface area contributed by atoms with Crippen LogP contribution >= 0.6 is 12.2 Å². The van der Waals surface area contributed by atoms with Gasteiger partial charge < -0.3 is 10.6 Å². The van der Waals surface area contributed by atoms with Crippen molar-refractivity contribution in [1.29, 1.82) is 0 Å². The number of thiocarbonyl (C=S) groups is 1. The molecule has 0 radical (unpaired) electrons. The van der Waals surface area contributed by atoms with Crippen molar-refractivity contribution in [2.45, 2.75) is 26.2 Å². The monoisotopic (exact) mass is 288 g/mol. The summed E-state index contributed by atoms with van der Waals surface area (Å²) < 4.78 is 1.73. The summed E-state index contributed by atoms with van der Waals surface area (Å²) in [7, 11) is 1.87. The first-order valence-corrected chi connectivity index (χ1v) is 7.17. The number of hydrogen-bond donors (Lipinski definition) is 2. The molecule has 1 aromatic heterocycles. The van der Waals surface area contributed by atoms with Crippen molar-refractivity contribution >= 4 is 28.8 Å². The van der Waals surface area contributed by atoms with E-state index in [1.165, 1.54) is 5.56 Å². The van der Waals surface area contributed by atoms with Crippen LogP contribution in [0, 0.1) is 0 Å². The first-order valence-electron chi connectivity index (χ1n) is 6.76. The van der Waals surface area contributed by atoms with Gasteiger partial charge in [0.1, 0.15) is 0 Å². The van der Waals surface area contributed by atoms with Gasteiger partial charge in [0.25, 0.3) is 0 Å². The molecular formula is C15H20N4S. The lowest BCUT2D eigenvalue weighted by molar-refractivity contribution is 0.734. The van der Waals surface area contributed by atoms with Crippen molar-refractivity contribution in [3.05, 3.63) is 42.1 Å². The molecule has 2 N–H and O–H groups in total. The molecular weight excluding hydrogens is 268 g/mol. The summed E-state index contributed by atoms with van der Waals surface area (Å²) in [6.45, 7) is 4.43. The van der Waals surface area contributed by atoms with Crippen LogP contribution in [0.4, 0.5) is 11.5 Å². The maximum atomic E-state index is 5.26. The maximum Gasteiger partial charge on any atom is 0.176 e. The zero-order valence-electron chi connectivity index (χ0n) is 12.1. The van der Waals surface area contributed by atoms with Crippen molar-refractivity contribution in [3.63, 3.8) is 0 Å². The number of aryl methyl sites for hydroxylation is 1. The number of anilines is 2. The molecule has 2 aromatic rings. The van der Waals surface area contributed by atoms with E-state index in [4.69, 9.17) is 12.2 Å². The van der Waals surface area contributed by atoms with Crippen LogP contribution in [0.15, 0.2) is 36.5 Å². The molecule has 106 valence electrons. The van der Waals surface area contributed by atoms with Crippen molar-refractivity contribution in [2.75, 3.05) is 10.6 Å². The van der Waals surface area contributed by atoms with Crippen LogP contribution in [-0.4, -0.2) is 14.9 Å². The normalized spacial score (nSPS) is 11.9. The summed E-state index contributed by atoms with van der Waals surface area (Å²) in [6.07, 6.45) is 3.01. The Kier molecular flexibility index (Phi) is 4.74. The fraction of sp³-hybridized carbons (Fsp3) is 0.333. The summed E-state index contributed by atoms with van der Waals surface area (Å²) >= 11 is 5.26. The molecule has 1 aromatic carbocycles. The van der Waals surface area contributed by atoms with Crippen LogP contribution < -0.4 is 10.6 Å². The SMILES string of the molecule is CCC(C)c1ccc(NC(=S)Nc2ccn(C)n2)cc1. The number of rotatable bonds is 4. The Morgan fingerprint density at radius 1 is 1.25 bits per heavy atom. The number of hydrogen-bond acceptors (Lipinski definition) is 2. The van der Waals surface area contributed by atoms with E-state index in [2.05, 4.69) is 41.7 Å². The molecule has 0 aliphatic carbocycles. The Morgan fingerprint density at radius 3 is 2.50 bits per heavy atom. The van der Waals surface area contributed by atoms with E-state index in [-0.39, 0.29) is 0 Å². The van der Waals surface area contributed by atoms with Crippen LogP contribution in [0.3, 0.4) is 0 Å². The predicted octanol–water partition coefficient (Wildman–Crippen LogP) is 3.74. The van der Waals surface area contributed by atoms with Crippen molar-refractivity contribution in [3.8, 4) is 0 Å². The average molecular weight is 288 g/mol. The summed E-state index contributed by atoms with van der Waals surface area (Å²) in [4.78, 5) is 0. The Morgan fingerprint density at radius 2 is 1.95 bits per heavy atom. The third-order valence-electron chi connectivity index (χ3n) is 3.31. The van der Waals surface area contributed by atoms with Crippen LogP contribution in [0.25, 0.3) is 0 Å². The molecule has 0 saturated carbocycles. The fourth-order valence-corrected chi connectivity index (χ4v) is 2.11. The second-order valence-corrected chi connectivity index (χ2v) is 5.29. The lowest BCUT2D eigenvalue weighted by Crippen LogP contribution is -2.19. The minimum Gasteiger partial charge on any atom is -0.332 e. The van der Waals surface area contributed by atoms with Gasteiger partial charge in [-0.05, 0) is 42.3 Å². The van der Waals surface area contributed by atoms with Gasteiger partial charge in [0.05, 0.1) is 0 Å². The molecule has 0 aliphatic heterocycles. The highest BCUT2D eigenvalue weighted by Crippen LogP contribution is 2.20. The molecule has 0 saturated heterocycles. The highest BCUT2D eigenvalue weighted by atomic mass is 32.1. The van der Waals surface area contributed by atoms with Gasteiger partial charge in [-0.3, -0.25) is 4.68 Å². The third-order valence-corrected chi connectivity index (χ3v) is 3.51. The largest absolute Gasteiger partial charge is 0.332 e. The highest BCUT2D eigenvalue weighted by Gasteiger charge is 2.04. The Hall–Kier alpha value is -1.88. The molecule has 1 unspecified atom stereocenters. The molecule has 5 heteroatoms. The molecule has 0 aliphatic rings. The van der Waals surface area contributed by atoms with E-state index in [0.717, 1.165) is 17.9 Å². The molecule has 0 fully saturated rings. The van der Waals surface area contributed by atoms with Crippen molar-refractivity contribution in [1.82, 2.24) is 9.78 Å². The zero-order chi connectivity index (χ0) is 14.5. The first kappa shape index (κ1) is 14.5. The van der Waals surface area contributed by atoms with Crippen LogP contribution in [0.2, 0.25) is 0 Å². The summed E-state index contributed by atoms with van der Waals surface area (Å²) in [6, 6.07) is 10.3. The van der Waals surface area contributed by atoms with Crippen molar-refractivity contribution in [2.24, 2.45) is 7.05 Å². The van der Waals surface area contributed by atoms with E-state index in [1.807, 2.05) is 31.4 Å².